The summed E-state index contributed by atoms with van der Waals surface area (Å²) in [4.78, 5) is 11.5. The van der Waals surface area contributed by atoms with Crippen molar-refractivity contribution in [1.29, 1.82) is 0 Å². The first-order chi connectivity index (χ1) is 8.76. The third-order valence-electron chi connectivity index (χ3n) is 2.71. The van der Waals surface area contributed by atoms with Gasteiger partial charge in [0.15, 0.2) is 17.5 Å². The first-order valence-electron chi connectivity index (χ1n) is 5.63. The molecule has 0 N–H and O–H groups in total. The van der Waals surface area contributed by atoms with E-state index < -0.39 is 29.0 Å². The van der Waals surface area contributed by atoms with E-state index >= 15 is 0 Å². The van der Waals surface area contributed by atoms with Crippen molar-refractivity contribution < 1.29 is 27.4 Å². The minimum absolute atomic E-state index is 0.0281. The van der Waals surface area contributed by atoms with Crippen LogP contribution in [0.5, 0.6) is 0 Å². The number of hydrogen-bond donors (Lipinski definition) is 0. The highest BCUT2D eigenvalue weighted by atomic mass is 19.2. The van der Waals surface area contributed by atoms with Gasteiger partial charge in [-0.3, -0.25) is 0 Å². The van der Waals surface area contributed by atoms with E-state index in [-0.39, 0.29) is 12.2 Å². The van der Waals surface area contributed by atoms with Crippen LogP contribution in [0.1, 0.15) is 30.6 Å². The lowest BCUT2D eigenvalue weighted by Gasteiger charge is -2.22. The number of benzene rings is 1. The number of methoxy groups -OCH3 is 1. The van der Waals surface area contributed by atoms with Gasteiger partial charge in [0.05, 0.1) is 17.8 Å². The highest BCUT2D eigenvalue weighted by Crippen LogP contribution is 2.16. The average molecular weight is 276 g/mol. The van der Waals surface area contributed by atoms with Crippen LogP contribution in [-0.2, 0) is 9.47 Å². The Labute approximate surface area is 109 Å². The SMILES string of the molecule is COC(C)(C)CCOC(=O)c1cc(F)c(F)c(F)c1. The summed E-state index contributed by atoms with van der Waals surface area (Å²) in [5.41, 5.74) is -0.842. The third kappa shape index (κ3) is 4.24. The van der Waals surface area contributed by atoms with E-state index in [1.807, 2.05) is 0 Å². The van der Waals surface area contributed by atoms with Gasteiger partial charge in [-0.2, -0.15) is 0 Å². The lowest BCUT2D eigenvalue weighted by molar-refractivity contribution is -0.00566. The van der Waals surface area contributed by atoms with Crippen LogP contribution in [0.15, 0.2) is 12.1 Å². The molecule has 0 radical (unpaired) electrons. The molecule has 0 spiro atoms. The van der Waals surface area contributed by atoms with Gasteiger partial charge >= 0.3 is 5.97 Å². The summed E-state index contributed by atoms with van der Waals surface area (Å²) in [5.74, 6) is -5.38. The molecule has 0 aromatic heterocycles. The van der Waals surface area contributed by atoms with Crippen molar-refractivity contribution in [2.75, 3.05) is 13.7 Å². The third-order valence-corrected chi connectivity index (χ3v) is 2.71. The van der Waals surface area contributed by atoms with Crippen LogP contribution in [0.3, 0.4) is 0 Å². The molecular formula is C13H15F3O3. The molecule has 0 amide bonds. The predicted molar refractivity (Wildman–Crippen MR) is 62.3 cm³/mol. The number of halogens is 3. The summed E-state index contributed by atoms with van der Waals surface area (Å²) in [5, 5.41) is 0. The summed E-state index contributed by atoms with van der Waals surface area (Å²) in [6, 6.07) is 1.20. The Bertz CT molecular complexity index is 449. The Kier molecular flexibility index (Phi) is 4.94. The van der Waals surface area contributed by atoms with Gasteiger partial charge in [0.25, 0.3) is 0 Å². The Morgan fingerprint density at radius 2 is 1.74 bits per heavy atom. The van der Waals surface area contributed by atoms with Crippen molar-refractivity contribution in [2.24, 2.45) is 0 Å². The lowest BCUT2D eigenvalue weighted by Crippen LogP contribution is -2.25. The van der Waals surface area contributed by atoms with Gasteiger partial charge < -0.3 is 9.47 Å². The van der Waals surface area contributed by atoms with Crippen molar-refractivity contribution in [3.63, 3.8) is 0 Å². The summed E-state index contributed by atoms with van der Waals surface area (Å²) in [6.07, 6.45) is 0.418. The van der Waals surface area contributed by atoms with E-state index in [4.69, 9.17) is 9.47 Å². The summed E-state index contributed by atoms with van der Waals surface area (Å²) in [6.45, 7) is 3.64. The largest absolute Gasteiger partial charge is 0.462 e. The fraction of sp³-hybridized carbons (Fsp3) is 0.462. The molecule has 0 fully saturated rings. The molecule has 0 aliphatic carbocycles. The molecule has 19 heavy (non-hydrogen) atoms. The molecule has 1 aromatic carbocycles. The van der Waals surface area contributed by atoms with Crippen LogP contribution in [0.4, 0.5) is 13.2 Å². The molecule has 1 aromatic rings. The minimum atomic E-state index is -1.61. The molecule has 6 heteroatoms. The molecule has 0 atom stereocenters. The number of carbonyl (C=O) groups excluding carboxylic acids is 1. The van der Waals surface area contributed by atoms with Crippen LogP contribution in [0.2, 0.25) is 0 Å². The molecule has 0 bridgehead atoms. The van der Waals surface area contributed by atoms with Gasteiger partial charge in [-0.1, -0.05) is 0 Å². The monoisotopic (exact) mass is 276 g/mol. The lowest BCUT2D eigenvalue weighted by atomic mass is 10.1. The first-order valence-corrected chi connectivity index (χ1v) is 5.63. The van der Waals surface area contributed by atoms with E-state index in [0.29, 0.717) is 18.6 Å². The van der Waals surface area contributed by atoms with Crippen LogP contribution < -0.4 is 0 Å². The summed E-state index contributed by atoms with van der Waals surface area (Å²) >= 11 is 0. The summed E-state index contributed by atoms with van der Waals surface area (Å²) in [7, 11) is 1.52. The van der Waals surface area contributed by atoms with Crippen molar-refractivity contribution in [2.45, 2.75) is 25.9 Å². The summed E-state index contributed by atoms with van der Waals surface area (Å²) < 4.78 is 48.5. The fourth-order valence-corrected chi connectivity index (χ4v) is 1.25. The highest BCUT2D eigenvalue weighted by molar-refractivity contribution is 5.89. The van der Waals surface area contributed by atoms with Crippen LogP contribution >= 0.6 is 0 Å². The molecule has 106 valence electrons. The van der Waals surface area contributed by atoms with Crippen LogP contribution in [0.25, 0.3) is 0 Å². The number of esters is 1. The number of rotatable bonds is 5. The maximum atomic E-state index is 12.9. The zero-order valence-electron chi connectivity index (χ0n) is 10.9. The predicted octanol–water partition coefficient (Wildman–Crippen LogP) is 3.08. The van der Waals surface area contributed by atoms with Gasteiger partial charge in [-0.15, -0.1) is 0 Å². The van der Waals surface area contributed by atoms with E-state index in [1.54, 1.807) is 13.8 Å². The second-order valence-corrected chi connectivity index (χ2v) is 4.60. The number of carbonyl (C=O) groups is 1. The second-order valence-electron chi connectivity index (χ2n) is 4.60. The molecule has 0 aliphatic heterocycles. The van der Waals surface area contributed by atoms with Gasteiger partial charge in [-0.05, 0) is 26.0 Å². The molecule has 0 heterocycles. The second kappa shape index (κ2) is 6.06. The molecule has 3 nitrogen and oxygen atoms in total. The average Bonchev–Trinajstić information content (AvgIpc) is 2.35. The Morgan fingerprint density at radius 3 is 2.21 bits per heavy atom. The van der Waals surface area contributed by atoms with Gasteiger partial charge in [-0.25, -0.2) is 18.0 Å². The standard InChI is InChI=1S/C13H15F3O3/c1-13(2,18-3)4-5-19-12(17)8-6-9(14)11(16)10(15)7-8/h6-7H,4-5H2,1-3H3. The van der Waals surface area contributed by atoms with Crippen LogP contribution in [-0.4, -0.2) is 25.3 Å². The number of hydrogen-bond acceptors (Lipinski definition) is 3. The fourth-order valence-electron chi connectivity index (χ4n) is 1.25. The molecule has 0 saturated carbocycles. The molecule has 0 saturated heterocycles. The zero-order valence-corrected chi connectivity index (χ0v) is 10.9. The Hall–Kier alpha value is -1.56. The molecule has 0 aliphatic rings. The quantitative estimate of drug-likeness (QED) is 0.612. The van der Waals surface area contributed by atoms with E-state index in [9.17, 15) is 18.0 Å². The van der Waals surface area contributed by atoms with Gasteiger partial charge in [0, 0.05) is 13.5 Å². The first kappa shape index (κ1) is 15.5. The van der Waals surface area contributed by atoms with Crippen molar-refractivity contribution in [3.05, 3.63) is 35.1 Å². The van der Waals surface area contributed by atoms with Crippen molar-refractivity contribution in [3.8, 4) is 0 Å². The van der Waals surface area contributed by atoms with Gasteiger partial charge in [0.2, 0.25) is 0 Å². The van der Waals surface area contributed by atoms with E-state index in [2.05, 4.69) is 0 Å². The van der Waals surface area contributed by atoms with Crippen molar-refractivity contribution in [1.82, 2.24) is 0 Å². The van der Waals surface area contributed by atoms with E-state index in [1.165, 1.54) is 7.11 Å². The van der Waals surface area contributed by atoms with Crippen molar-refractivity contribution >= 4 is 5.97 Å². The van der Waals surface area contributed by atoms with Crippen LogP contribution in [0, 0.1) is 17.5 Å². The topological polar surface area (TPSA) is 35.5 Å². The maximum Gasteiger partial charge on any atom is 0.338 e. The molecule has 0 unspecified atom stereocenters. The maximum absolute atomic E-state index is 12.9. The smallest absolute Gasteiger partial charge is 0.338 e. The molecular weight excluding hydrogens is 261 g/mol. The van der Waals surface area contributed by atoms with Gasteiger partial charge in [0.1, 0.15) is 0 Å². The highest BCUT2D eigenvalue weighted by Gasteiger charge is 2.19. The number of ether oxygens (including phenoxy) is 2. The Balaban J connectivity index is 2.65. The Morgan fingerprint density at radius 1 is 1.21 bits per heavy atom. The normalized spacial score (nSPS) is 11.5. The zero-order chi connectivity index (χ0) is 14.6. The molecule has 1 rings (SSSR count). The van der Waals surface area contributed by atoms with E-state index in [0.717, 1.165) is 0 Å². The minimum Gasteiger partial charge on any atom is -0.462 e.